The van der Waals surface area contributed by atoms with Gasteiger partial charge in [-0.05, 0) is 30.7 Å². The summed E-state index contributed by atoms with van der Waals surface area (Å²) in [6.45, 7) is -0.0672. The molecule has 3 rings (SSSR count). The Hall–Kier alpha value is -2.56. The Balaban J connectivity index is 1.56. The third-order valence-corrected chi connectivity index (χ3v) is 4.26. The van der Waals surface area contributed by atoms with Crippen LogP contribution in [-0.4, -0.2) is 29.6 Å². The van der Waals surface area contributed by atoms with Crippen LogP contribution in [0.2, 0.25) is 0 Å². The van der Waals surface area contributed by atoms with Crippen LogP contribution < -0.4 is 10.1 Å². The highest BCUT2D eigenvalue weighted by Crippen LogP contribution is 2.26. The SMILES string of the molecule is O=C(COc1cccc2ccccc12)N[C@@H]1CC[C@H](C(=O)O)C1. The second-order valence-electron chi connectivity index (χ2n) is 5.88. The molecule has 0 unspecified atom stereocenters. The first kappa shape index (κ1) is 15.3. The van der Waals surface area contributed by atoms with E-state index < -0.39 is 5.97 Å². The molecule has 5 nitrogen and oxygen atoms in total. The quantitative estimate of drug-likeness (QED) is 0.889. The number of hydrogen-bond donors (Lipinski definition) is 2. The summed E-state index contributed by atoms with van der Waals surface area (Å²) < 4.78 is 5.64. The maximum absolute atomic E-state index is 12.0. The highest BCUT2D eigenvalue weighted by molar-refractivity contribution is 5.88. The summed E-state index contributed by atoms with van der Waals surface area (Å²) in [4.78, 5) is 22.9. The third-order valence-electron chi connectivity index (χ3n) is 4.26. The van der Waals surface area contributed by atoms with Crippen molar-refractivity contribution in [1.29, 1.82) is 0 Å². The molecule has 0 aliphatic heterocycles. The number of hydrogen-bond acceptors (Lipinski definition) is 3. The summed E-state index contributed by atoms with van der Waals surface area (Å²) >= 11 is 0. The molecular weight excluding hydrogens is 294 g/mol. The van der Waals surface area contributed by atoms with Gasteiger partial charge < -0.3 is 15.2 Å². The Labute approximate surface area is 134 Å². The predicted molar refractivity (Wildman–Crippen MR) is 86.4 cm³/mol. The van der Waals surface area contributed by atoms with E-state index in [9.17, 15) is 9.59 Å². The average Bonchev–Trinajstić information content (AvgIpc) is 3.01. The summed E-state index contributed by atoms with van der Waals surface area (Å²) in [7, 11) is 0. The van der Waals surface area contributed by atoms with Crippen LogP contribution in [0.5, 0.6) is 5.75 Å². The van der Waals surface area contributed by atoms with Crippen LogP contribution in [0.1, 0.15) is 19.3 Å². The van der Waals surface area contributed by atoms with Crippen LogP contribution >= 0.6 is 0 Å². The molecule has 23 heavy (non-hydrogen) atoms. The average molecular weight is 313 g/mol. The zero-order valence-corrected chi connectivity index (χ0v) is 12.7. The monoisotopic (exact) mass is 313 g/mol. The molecule has 1 saturated carbocycles. The van der Waals surface area contributed by atoms with Gasteiger partial charge in [0, 0.05) is 11.4 Å². The van der Waals surface area contributed by atoms with E-state index >= 15 is 0 Å². The highest BCUT2D eigenvalue weighted by Gasteiger charge is 2.30. The number of carboxylic acids is 1. The molecule has 1 fully saturated rings. The standard InChI is InChI=1S/C18H19NO4/c20-17(19-14-9-8-13(10-14)18(21)22)11-23-16-7-3-5-12-4-1-2-6-15(12)16/h1-7,13-14H,8-11H2,(H,19,20)(H,21,22)/t13-,14+/m0/s1. The maximum atomic E-state index is 12.0. The molecule has 0 heterocycles. The Kier molecular flexibility index (Phi) is 4.46. The lowest BCUT2D eigenvalue weighted by molar-refractivity contribution is -0.141. The van der Waals surface area contributed by atoms with Gasteiger partial charge in [0.1, 0.15) is 5.75 Å². The van der Waals surface area contributed by atoms with Gasteiger partial charge in [0.2, 0.25) is 0 Å². The second-order valence-corrected chi connectivity index (χ2v) is 5.88. The number of aliphatic carboxylic acids is 1. The summed E-state index contributed by atoms with van der Waals surface area (Å²) in [5.74, 6) is -0.671. The molecule has 1 amide bonds. The van der Waals surface area contributed by atoms with Crippen molar-refractivity contribution in [3.05, 3.63) is 42.5 Å². The topological polar surface area (TPSA) is 75.6 Å². The number of ether oxygens (including phenoxy) is 1. The molecule has 2 atom stereocenters. The number of carboxylic acid groups (broad SMARTS) is 1. The van der Waals surface area contributed by atoms with Gasteiger partial charge in [0.05, 0.1) is 5.92 Å². The largest absolute Gasteiger partial charge is 0.483 e. The number of benzene rings is 2. The molecular formula is C18H19NO4. The van der Waals surface area contributed by atoms with Crippen molar-refractivity contribution in [2.75, 3.05) is 6.61 Å². The zero-order chi connectivity index (χ0) is 16.2. The van der Waals surface area contributed by atoms with Crippen molar-refractivity contribution in [2.45, 2.75) is 25.3 Å². The van der Waals surface area contributed by atoms with Gasteiger partial charge in [0.15, 0.2) is 6.61 Å². The molecule has 0 bridgehead atoms. The minimum atomic E-state index is -0.784. The van der Waals surface area contributed by atoms with Crippen LogP contribution in [0.25, 0.3) is 10.8 Å². The Bertz CT molecular complexity index is 723. The first-order chi connectivity index (χ1) is 11.1. The fourth-order valence-electron chi connectivity index (χ4n) is 3.07. The minimum Gasteiger partial charge on any atom is -0.483 e. The van der Waals surface area contributed by atoms with Gasteiger partial charge in [-0.1, -0.05) is 36.4 Å². The number of amides is 1. The van der Waals surface area contributed by atoms with Gasteiger partial charge in [-0.3, -0.25) is 9.59 Å². The van der Waals surface area contributed by atoms with Crippen LogP contribution in [0, 0.1) is 5.92 Å². The molecule has 0 saturated heterocycles. The molecule has 5 heteroatoms. The van der Waals surface area contributed by atoms with E-state index in [1.807, 2.05) is 42.5 Å². The van der Waals surface area contributed by atoms with Gasteiger partial charge in [0.25, 0.3) is 5.91 Å². The fourth-order valence-corrected chi connectivity index (χ4v) is 3.07. The van der Waals surface area contributed by atoms with E-state index in [4.69, 9.17) is 9.84 Å². The van der Waals surface area contributed by atoms with Gasteiger partial charge in [-0.15, -0.1) is 0 Å². The first-order valence-electron chi connectivity index (χ1n) is 7.76. The third kappa shape index (κ3) is 3.62. The first-order valence-corrected chi connectivity index (χ1v) is 7.76. The molecule has 0 spiro atoms. The summed E-state index contributed by atoms with van der Waals surface area (Å²) in [5.41, 5.74) is 0. The van der Waals surface area contributed by atoms with E-state index in [-0.39, 0.29) is 24.5 Å². The van der Waals surface area contributed by atoms with Crippen molar-refractivity contribution < 1.29 is 19.4 Å². The fraction of sp³-hybridized carbons (Fsp3) is 0.333. The van der Waals surface area contributed by atoms with Crippen molar-refractivity contribution in [2.24, 2.45) is 5.92 Å². The second kappa shape index (κ2) is 6.69. The van der Waals surface area contributed by atoms with Crippen LogP contribution in [0.4, 0.5) is 0 Å². The Morgan fingerprint density at radius 2 is 1.91 bits per heavy atom. The van der Waals surface area contributed by atoms with Crippen molar-refractivity contribution >= 4 is 22.6 Å². The smallest absolute Gasteiger partial charge is 0.306 e. The van der Waals surface area contributed by atoms with Gasteiger partial charge in [-0.25, -0.2) is 0 Å². The molecule has 1 aliphatic carbocycles. The molecule has 2 aromatic rings. The molecule has 1 aliphatic rings. The van der Waals surface area contributed by atoms with Crippen LogP contribution in [-0.2, 0) is 9.59 Å². The number of rotatable bonds is 5. The van der Waals surface area contributed by atoms with Crippen molar-refractivity contribution in [3.63, 3.8) is 0 Å². The number of fused-ring (bicyclic) bond motifs is 1. The Morgan fingerprint density at radius 1 is 1.13 bits per heavy atom. The lowest BCUT2D eigenvalue weighted by atomic mass is 10.1. The number of carbonyl (C=O) groups is 2. The molecule has 2 aromatic carbocycles. The van der Waals surface area contributed by atoms with E-state index in [1.54, 1.807) is 0 Å². The molecule has 0 aromatic heterocycles. The maximum Gasteiger partial charge on any atom is 0.306 e. The Morgan fingerprint density at radius 3 is 2.70 bits per heavy atom. The minimum absolute atomic E-state index is 0.0672. The normalized spacial score (nSPS) is 20.3. The lowest BCUT2D eigenvalue weighted by Crippen LogP contribution is -2.36. The van der Waals surface area contributed by atoms with E-state index in [2.05, 4.69) is 5.32 Å². The van der Waals surface area contributed by atoms with Crippen LogP contribution in [0.15, 0.2) is 42.5 Å². The van der Waals surface area contributed by atoms with Gasteiger partial charge >= 0.3 is 5.97 Å². The highest BCUT2D eigenvalue weighted by atomic mass is 16.5. The van der Waals surface area contributed by atoms with Crippen LogP contribution in [0.3, 0.4) is 0 Å². The van der Waals surface area contributed by atoms with E-state index in [1.165, 1.54) is 0 Å². The zero-order valence-electron chi connectivity index (χ0n) is 12.7. The molecule has 2 N–H and O–H groups in total. The van der Waals surface area contributed by atoms with E-state index in [0.29, 0.717) is 25.0 Å². The molecule has 120 valence electrons. The van der Waals surface area contributed by atoms with Gasteiger partial charge in [-0.2, -0.15) is 0 Å². The predicted octanol–water partition coefficient (Wildman–Crippen LogP) is 2.59. The number of nitrogens with one attached hydrogen (secondary N) is 1. The number of carbonyl (C=O) groups excluding carboxylic acids is 1. The summed E-state index contributed by atoms with van der Waals surface area (Å²) in [6, 6.07) is 13.5. The van der Waals surface area contributed by atoms with Crippen molar-refractivity contribution in [1.82, 2.24) is 5.32 Å². The summed E-state index contributed by atoms with van der Waals surface area (Å²) in [5, 5.41) is 13.9. The van der Waals surface area contributed by atoms with E-state index in [0.717, 1.165) is 10.8 Å². The van der Waals surface area contributed by atoms with Crippen molar-refractivity contribution in [3.8, 4) is 5.75 Å². The lowest BCUT2D eigenvalue weighted by Gasteiger charge is -2.14. The molecule has 0 radical (unpaired) electrons. The summed E-state index contributed by atoms with van der Waals surface area (Å²) in [6.07, 6.45) is 1.82.